The number of rotatable bonds is 5. The van der Waals surface area contributed by atoms with E-state index in [0.29, 0.717) is 0 Å². The molecule has 2 rings (SSSR count). The van der Waals surface area contributed by atoms with Gasteiger partial charge in [-0.15, -0.1) is 0 Å². The van der Waals surface area contributed by atoms with Gasteiger partial charge in [-0.1, -0.05) is 32.1 Å². The lowest BCUT2D eigenvalue weighted by atomic mass is 9.87. The molecule has 1 nitrogen and oxygen atoms in total. The predicted octanol–water partition coefficient (Wildman–Crippen LogP) is 2.96. The lowest BCUT2D eigenvalue weighted by Crippen LogP contribution is -2.21. The zero-order chi connectivity index (χ0) is 8.93. The van der Waals surface area contributed by atoms with Crippen LogP contribution in [0.3, 0.4) is 0 Å². The Morgan fingerprint density at radius 1 is 0.846 bits per heavy atom. The standard InChI is InChI=1S/C12H23N/c1-2-4-11(5-3-1)8-9-13-10-12-6-7-12/h11-13H,1-10H2. The number of nitrogens with one attached hydrogen (secondary N) is 1. The Balaban J connectivity index is 1.46. The van der Waals surface area contributed by atoms with E-state index in [1.54, 1.807) is 0 Å². The van der Waals surface area contributed by atoms with Gasteiger partial charge in [-0.25, -0.2) is 0 Å². The van der Waals surface area contributed by atoms with Gasteiger partial charge in [0.15, 0.2) is 0 Å². The van der Waals surface area contributed by atoms with Crippen molar-refractivity contribution in [1.82, 2.24) is 5.32 Å². The first kappa shape index (κ1) is 9.51. The summed E-state index contributed by atoms with van der Waals surface area (Å²) in [4.78, 5) is 0. The molecular formula is C12H23N. The summed E-state index contributed by atoms with van der Waals surface area (Å²) in [7, 11) is 0. The molecule has 0 aromatic heterocycles. The summed E-state index contributed by atoms with van der Waals surface area (Å²) in [5.41, 5.74) is 0. The maximum Gasteiger partial charge on any atom is -0.00205 e. The molecule has 0 amide bonds. The Labute approximate surface area is 82.3 Å². The molecule has 0 bridgehead atoms. The van der Waals surface area contributed by atoms with Gasteiger partial charge in [0.25, 0.3) is 0 Å². The minimum absolute atomic E-state index is 1.05. The van der Waals surface area contributed by atoms with Crippen LogP contribution in [-0.4, -0.2) is 13.1 Å². The molecule has 76 valence electrons. The van der Waals surface area contributed by atoms with Gasteiger partial charge < -0.3 is 5.32 Å². The SMILES string of the molecule is C1CCC(CCNCC2CC2)CC1. The Morgan fingerprint density at radius 3 is 2.31 bits per heavy atom. The molecule has 13 heavy (non-hydrogen) atoms. The molecular weight excluding hydrogens is 158 g/mol. The van der Waals surface area contributed by atoms with E-state index < -0.39 is 0 Å². The van der Waals surface area contributed by atoms with Crippen LogP contribution >= 0.6 is 0 Å². The normalized spacial score (nSPS) is 24.9. The van der Waals surface area contributed by atoms with E-state index in [1.165, 1.54) is 64.5 Å². The van der Waals surface area contributed by atoms with Crippen molar-refractivity contribution in [2.75, 3.05) is 13.1 Å². The first-order valence-corrected chi connectivity index (χ1v) is 6.16. The monoisotopic (exact) mass is 181 g/mol. The van der Waals surface area contributed by atoms with Gasteiger partial charge in [0.2, 0.25) is 0 Å². The zero-order valence-electron chi connectivity index (χ0n) is 8.73. The van der Waals surface area contributed by atoms with E-state index in [2.05, 4.69) is 5.32 Å². The van der Waals surface area contributed by atoms with Crippen molar-refractivity contribution in [2.45, 2.75) is 51.4 Å². The highest BCUT2D eigenvalue weighted by Crippen LogP contribution is 2.28. The molecule has 1 N–H and O–H groups in total. The molecule has 0 aromatic rings. The molecule has 0 unspecified atom stereocenters. The molecule has 2 aliphatic carbocycles. The van der Waals surface area contributed by atoms with Crippen LogP contribution in [0.25, 0.3) is 0 Å². The van der Waals surface area contributed by atoms with Crippen LogP contribution in [0.2, 0.25) is 0 Å². The minimum atomic E-state index is 1.05. The van der Waals surface area contributed by atoms with Gasteiger partial charge in [0.05, 0.1) is 0 Å². The van der Waals surface area contributed by atoms with Crippen LogP contribution in [0.4, 0.5) is 0 Å². The summed E-state index contributed by atoms with van der Waals surface area (Å²) in [6.45, 7) is 2.58. The van der Waals surface area contributed by atoms with Crippen LogP contribution in [-0.2, 0) is 0 Å². The van der Waals surface area contributed by atoms with Crippen molar-refractivity contribution in [3.63, 3.8) is 0 Å². The third-order valence-corrected chi connectivity index (χ3v) is 3.58. The van der Waals surface area contributed by atoms with Crippen molar-refractivity contribution < 1.29 is 0 Å². The molecule has 0 aromatic carbocycles. The molecule has 2 aliphatic rings. The fraction of sp³-hybridized carbons (Fsp3) is 1.00. The molecule has 0 spiro atoms. The van der Waals surface area contributed by atoms with E-state index in [-0.39, 0.29) is 0 Å². The Morgan fingerprint density at radius 2 is 1.62 bits per heavy atom. The summed E-state index contributed by atoms with van der Waals surface area (Å²) >= 11 is 0. The second-order valence-electron chi connectivity index (χ2n) is 4.94. The summed E-state index contributed by atoms with van der Waals surface area (Å²) in [5, 5.41) is 3.59. The Bertz CT molecular complexity index is 134. The first-order valence-electron chi connectivity index (χ1n) is 6.16. The van der Waals surface area contributed by atoms with Crippen LogP contribution in [0.15, 0.2) is 0 Å². The average Bonchev–Trinajstić information content (AvgIpc) is 2.98. The predicted molar refractivity (Wildman–Crippen MR) is 56.8 cm³/mol. The van der Waals surface area contributed by atoms with Gasteiger partial charge in [0, 0.05) is 0 Å². The van der Waals surface area contributed by atoms with Gasteiger partial charge in [-0.05, 0) is 44.2 Å². The summed E-state index contributed by atoms with van der Waals surface area (Å²) in [6, 6.07) is 0. The Hall–Kier alpha value is -0.0400. The molecule has 2 fully saturated rings. The van der Waals surface area contributed by atoms with Gasteiger partial charge in [-0.3, -0.25) is 0 Å². The lowest BCUT2D eigenvalue weighted by Gasteiger charge is -2.21. The van der Waals surface area contributed by atoms with Crippen molar-refractivity contribution in [2.24, 2.45) is 11.8 Å². The van der Waals surface area contributed by atoms with E-state index in [1.807, 2.05) is 0 Å². The quantitative estimate of drug-likeness (QED) is 0.643. The molecule has 1 heteroatoms. The highest BCUT2D eigenvalue weighted by Gasteiger charge is 2.20. The number of hydrogen-bond donors (Lipinski definition) is 1. The lowest BCUT2D eigenvalue weighted by molar-refractivity contribution is 0.333. The maximum absolute atomic E-state index is 3.59. The fourth-order valence-electron chi connectivity index (χ4n) is 2.41. The summed E-state index contributed by atoms with van der Waals surface area (Å²) in [6.07, 6.45) is 11.9. The minimum Gasteiger partial charge on any atom is -0.316 e. The Kier molecular flexibility index (Phi) is 3.65. The topological polar surface area (TPSA) is 12.0 Å². The van der Waals surface area contributed by atoms with Crippen LogP contribution in [0.1, 0.15) is 51.4 Å². The summed E-state index contributed by atoms with van der Waals surface area (Å²) < 4.78 is 0. The highest BCUT2D eigenvalue weighted by atomic mass is 14.9. The second-order valence-corrected chi connectivity index (χ2v) is 4.94. The van der Waals surface area contributed by atoms with Gasteiger partial charge >= 0.3 is 0 Å². The van der Waals surface area contributed by atoms with Crippen LogP contribution in [0, 0.1) is 11.8 Å². The van der Waals surface area contributed by atoms with E-state index in [4.69, 9.17) is 0 Å². The fourth-order valence-corrected chi connectivity index (χ4v) is 2.41. The van der Waals surface area contributed by atoms with E-state index in [9.17, 15) is 0 Å². The molecule has 0 aliphatic heterocycles. The highest BCUT2D eigenvalue weighted by molar-refractivity contribution is 4.75. The smallest absolute Gasteiger partial charge is 0.00205 e. The van der Waals surface area contributed by atoms with Crippen molar-refractivity contribution in [1.29, 1.82) is 0 Å². The molecule has 0 heterocycles. The summed E-state index contributed by atoms with van der Waals surface area (Å²) in [5.74, 6) is 2.10. The largest absolute Gasteiger partial charge is 0.316 e. The third kappa shape index (κ3) is 3.68. The van der Waals surface area contributed by atoms with Crippen molar-refractivity contribution >= 4 is 0 Å². The van der Waals surface area contributed by atoms with Crippen LogP contribution in [0.5, 0.6) is 0 Å². The molecule has 0 atom stereocenters. The van der Waals surface area contributed by atoms with E-state index in [0.717, 1.165) is 11.8 Å². The average molecular weight is 181 g/mol. The van der Waals surface area contributed by atoms with Crippen molar-refractivity contribution in [3.05, 3.63) is 0 Å². The van der Waals surface area contributed by atoms with Crippen LogP contribution < -0.4 is 5.32 Å². The first-order chi connectivity index (χ1) is 6.45. The second kappa shape index (κ2) is 4.99. The number of hydrogen-bond acceptors (Lipinski definition) is 1. The van der Waals surface area contributed by atoms with Gasteiger partial charge in [0.1, 0.15) is 0 Å². The van der Waals surface area contributed by atoms with Crippen molar-refractivity contribution in [3.8, 4) is 0 Å². The van der Waals surface area contributed by atoms with E-state index >= 15 is 0 Å². The van der Waals surface area contributed by atoms with Gasteiger partial charge in [-0.2, -0.15) is 0 Å². The zero-order valence-corrected chi connectivity index (χ0v) is 8.73. The molecule has 0 saturated heterocycles. The molecule has 2 saturated carbocycles. The maximum atomic E-state index is 3.59. The molecule has 0 radical (unpaired) electrons. The third-order valence-electron chi connectivity index (χ3n) is 3.58.